The molecule has 0 unspecified atom stereocenters. The molecule has 74 valence electrons. The Labute approximate surface area is 83.0 Å². The van der Waals surface area contributed by atoms with E-state index in [2.05, 4.69) is 5.32 Å². The van der Waals surface area contributed by atoms with Gasteiger partial charge in [0, 0.05) is 13.2 Å². The zero-order chi connectivity index (χ0) is 9.52. The minimum Gasteiger partial charge on any atom is -0.448 e. The highest BCUT2D eigenvalue weighted by Crippen LogP contribution is 2.12. The van der Waals surface area contributed by atoms with Crippen LogP contribution in [0.25, 0.3) is 0 Å². The molecular formula is C9H14ClNO2. The molecule has 0 aromatic carbocycles. The Bertz CT molecular complexity index is 237. The summed E-state index contributed by atoms with van der Waals surface area (Å²) in [6.07, 6.45) is 0. The number of hydrogen-bond acceptors (Lipinski definition) is 3. The van der Waals surface area contributed by atoms with Crippen LogP contribution in [-0.4, -0.2) is 19.8 Å². The molecule has 1 aromatic rings. The maximum Gasteiger partial charge on any atom is 0.193 e. The van der Waals surface area contributed by atoms with E-state index in [1.165, 1.54) is 0 Å². The molecule has 1 N–H and O–H groups in total. The Hall–Kier alpha value is -0.510. The zero-order valence-electron chi connectivity index (χ0n) is 7.68. The van der Waals surface area contributed by atoms with Crippen LogP contribution in [0.5, 0.6) is 0 Å². The zero-order valence-corrected chi connectivity index (χ0v) is 8.43. The molecule has 4 heteroatoms. The van der Waals surface area contributed by atoms with Gasteiger partial charge >= 0.3 is 0 Å². The van der Waals surface area contributed by atoms with Gasteiger partial charge in [0.15, 0.2) is 5.22 Å². The Kier molecular flexibility index (Phi) is 4.90. The summed E-state index contributed by atoms with van der Waals surface area (Å²) >= 11 is 5.60. The summed E-state index contributed by atoms with van der Waals surface area (Å²) < 4.78 is 10.3. The van der Waals surface area contributed by atoms with Crippen LogP contribution in [0, 0.1) is 0 Å². The third kappa shape index (κ3) is 4.31. The van der Waals surface area contributed by atoms with Crippen molar-refractivity contribution in [1.29, 1.82) is 0 Å². The normalized spacial score (nSPS) is 10.6. The quantitative estimate of drug-likeness (QED) is 0.719. The summed E-state index contributed by atoms with van der Waals surface area (Å²) in [5.74, 6) is 0.849. The van der Waals surface area contributed by atoms with E-state index in [1.807, 2.05) is 13.0 Å². The molecule has 0 radical (unpaired) electrons. The van der Waals surface area contributed by atoms with Gasteiger partial charge in [0.25, 0.3) is 0 Å². The van der Waals surface area contributed by atoms with Crippen molar-refractivity contribution in [1.82, 2.24) is 5.32 Å². The lowest BCUT2D eigenvalue weighted by Gasteiger charge is -2.01. The van der Waals surface area contributed by atoms with E-state index in [4.69, 9.17) is 20.8 Å². The Morgan fingerprint density at radius 2 is 2.38 bits per heavy atom. The number of furan rings is 1. The minimum atomic E-state index is 0.432. The average Bonchev–Trinajstić information content (AvgIpc) is 2.51. The van der Waals surface area contributed by atoms with Crippen LogP contribution in [0.3, 0.4) is 0 Å². The van der Waals surface area contributed by atoms with Gasteiger partial charge in [-0.25, -0.2) is 0 Å². The number of halogens is 1. The van der Waals surface area contributed by atoms with E-state index in [-0.39, 0.29) is 0 Å². The van der Waals surface area contributed by atoms with Crippen LogP contribution in [0.1, 0.15) is 12.7 Å². The van der Waals surface area contributed by atoms with Gasteiger partial charge in [-0.15, -0.1) is 0 Å². The number of ether oxygens (including phenoxy) is 1. The molecule has 0 aliphatic carbocycles. The SMILES string of the molecule is CCOCCNCc1ccc(Cl)o1. The van der Waals surface area contributed by atoms with E-state index >= 15 is 0 Å². The van der Waals surface area contributed by atoms with Gasteiger partial charge in [-0.05, 0) is 30.7 Å². The summed E-state index contributed by atoms with van der Waals surface area (Å²) in [5.41, 5.74) is 0. The highest BCUT2D eigenvalue weighted by atomic mass is 35.5. The van der Waals surface area contributed by atoms with Crippen molar-refractivity contribution in [3.63, 3.8) is 0 Å². The monoisotopic (exact) mass is 203 g/mol. The number of rotatable bonds is 6. The van der Waals surface area contributed by atoms with Gasteiger partial charge < -0.3 is 14.5 Å². The van der Waals surface area contributed by atoms with E-state index in [9.17, 15) is 0 Å². The fourth-order valence-corrected chi connectivity index (χ4v) is 1.11. The summed E-state index contributed by atoms with van der Waals surface area (Å²) in [6.45, 7) is 4.98. The lowest BCUT2D eigenvalue weighted by atomic mass is 10.4. The van der Waals surface area contributed by atoms with Gasteiger partial charge in [0.1, 0.15) is 5.76 Å². The van der Waals surface area contributed by atoms with Crippen LogP contribution in [0.4, 0.5) is 0 Å². The van der Waals surface area contributed by atoms with Crippen molar-refractivity contribution in [2.24, 2.45) is 0 Å². The van der Waals surface area contributed by atoms with Crippen molar-refractivity contribution >= 4 is 11.6 Å². The van der Waals surface area contributed by atoms with E-state index in [1.54, 1.807) is 6.07 Å². The van der Waals surface area contributed by atoms with Crippen LogP contribution >= 0.6 is 11.6 Å². The molecule has 0 bridgehead atoms. The third-order valence-corrected chi connectivity index (χ3v) is 1.76. The van der Waals surface area contributed by atoms with Crippen LogP contribution in [-0.2, 0) is 11.3 Å². The molecule has 1 rings (SSSR count). The third-order valence-electron chi connectivity index (χ3n) is 1.56. The summed E-state index contributed by atoms with van der Waals surface area (Å²) in [7, 11) is 0. The summed E-state index contributed by atoms with van der Waals surface area (Å²) in [6, 6.07) is 3.59. The smallest absolute Gasteiger partial charge is 0.193 e. The second-order valence-corrected chi connectivity index (χ2v) is 2.95. The maximum atomic E-state index is 5.60. The first kappa shape index (κ1) is 10.6. The second kappa shape index (κ2) is 6.02. The molecular weight excluding hydrogens is 190 g/mol. The van der Waals surface area contributed by atoms with Crippen molar-refractivity contribution in [3.8, 4) is 0 Å². The molecule has 3 nitrogen and oxygen atoms in total. The molecule has 1 heterocycles. The van der Waals surface area contributed by atoms with E-state index in [0.717, 1.165) is 25.5 Å². The number of nitrogens with one attached hydrogen (secondary N) is 1. The highest BCUT2D eigenvalue weighted by molar-refractivity contribution is 6.28. The lowest BCUT2D eigenvalue weighted by molar-refractivity contribution is 0.148. The van der Waals surface area contributed by atoms with E-state index in [0.29, 0.717) is 11.8 Å². The molecule has 0 saturated heterocycles. The largest absolute Gasteiger partial charge is 0.448 e. The Balaban J connectivity index is 2.06. The van der Waals surface area contributed by atoms with E-state index < -0.39 is 0 Å². The lowest BCUT2D eigenvalue weighted by Crippen LogP contribution is -2.18. The molecule has 0 aliphatic rings. The first-order valence-electron chi connectivity index (χ1n) is 4.35. The fourth-order valence-electron chi connectivity index (χ4n) is 0.947. The molecule has 0 saturated carbocycles. The predicted octanol–water partition coefficient (Wildman–Crippen LogP) is 2.06. The summed E-state index contributed by atoms with van der Waals surface area (Å²) in [5, 5.41) is 3.60. The Morgan fingerprint density at radius 1 is 1.54 bits per heavy atom. The first-order chi connectivity index (χ1) is 6.33. The van der Waals surface area contributed by atoms with Crippen molar-refractivity contribution in [2.75, 3.05) is 19.8 Å². The maximum absolute atomic E-state index is 5.60. The molecule has 0 atom stereocenters. The predicted molar refractivity (Wildman–Crippen MR) is 51.9 cm³/mol. The highest BCUT2D eigenvalue weighted by Gasteiger charge is 1.97. The van der Waals surface area contributed by atoms with Crippen molar-refractivity contribution < 1.29 is 9.15 Å². The molecule has 0 aliphatic heterocycles. The van der Waals surface area contributed by atoms with Gasteiger partial charge in [0.2, 0.25) is 0 Å². The van der Waals surface area contributed by atoms with Gasteiger partial charge in [-0.2, -0.15) is 0 Å². The second-order valence-electron chi connectivity index (χ2n) is 2.58. The Morgan fingerprint density at radius 3 is 3.00 bits per heavy atom. The van der Waals surface area contributed by atoms with Crippen LogP contribution < -0.4 is 5.32 Å². The molecule has 13 heavy (non-hydrogen) atoms. The summed E-state index contributed by atoms with van der Waals surface area (Å²) in [4.78, 5) is 0. The first-order valence-corrected chi connectivity index (χ1v) is 4.73. The fraction of sp³-hybridized carbons (Fsp3) is 0.556. The molecule has 0 amide bonds. The standard InChI is InChI=1S/C9H14ClNO2/c1-2-12-6-5-11-7-8-3-4-9(10)13-8/h3-4,11H,2,5-7H2,1H3. The van der Waals surface area contributed by atoms with Gasteiger partial charge in [0.05, 0.1) is 13.2 Å². The van der Waals surface area contributed by atoms with Gasteiger partial charge in [-0.3, -0.25) is 0 Å². The van der Waals surface area contributed by atoms with Crippen LogP contribution in [0.2, 0.25) is 5.22 Å². The molecule has 0 spiro atoms. The molecule has 0 fully saturated rings. The molecule has 1 aromatic heterocycles. The van der Waals surface area contributed by atoms with Crippen LogP contribution in [0.15, 0.2) is 16.5 Å². The average molecular weight is 204 g/mol. The topological polar surface area (TPSA) is 34.4 Å². The minimum absolute atomic E-state index is 0.432. The van der Waals surface area contributed by atoms with Crippen molar-refractivity contribution in [2.45, 2.75) is 13.5 Å². The van der Waals surface area contributed by atoms with Crippen molar-refractivity contribution in [3.05, 3.63) is 23.1 Å². The number of hydrogen-bond donors (Lipinski definition) is 1. The van der Waals surface area contributed by atoms with Gasteiger partial charge in [-0.1, -0.05) is 0 Å².